The molecular formula is C19H21ClN2O4S. The number of nitrogens with zero attached hydrogens (tertiary/aromatic N) is 2. The Labute approximate surface area is 164 Å². The molecule has 1 aliphatic rings. The lowest BCUT2D eigenvalue weighted by atomic mass is 10.1. The van der Waals surface area contributed by atoms with Gasteiger partial charge in [-0.05, 0) is 55.3 Å². The van der Waals surface area contributed by atoms with Crippen LogP contribution in [-0.2, 0) is 10.0 Å². The van der Waals surface area contributed by atoms with Crippen LogP contribution in [0.15, 0.2) is 47.4 Å². The molecule has 0 radical (unpaired) electrons. The van der Waals surface area contributed by atoms with E-state index in [1.807, 2.05) is 0 Å². The lowest BCUT2D eigenvalue weighted by molar-refractivity contribution is 0.0793. The molecule has 0 aromatic heterocycles. The van der Waals surface area contributed by atoms with Crippen molar-refractivity contribution in [1.29, 1.82) is 0 Å². The third kappa shape index (κ3) is 3.89. The number of halogens is 1. The molecule has 2 aromatic rings. The maximum atomic E-state index is 12.9. The molecule has 1 fully saturated rings. The van der Waals surface area contributed by atoms with E-state index >= 15 is 0 Å². The lowest BCUT2D eigenvalue weighted by Crippen LogP contribution is -2.29. The molecule has 0 aliphatic carbocycles. The first-order valence-corrected chi connectivity index (χ1v) is 10.4. The molecule has 0 atom stereocenters. The Bertz CT molecular complexity index is 939. The van der Waals surface area contributed by atoms with E-state index in [0.717, 1.165) is 17.1 Å². The van der Waals surface area contributed by atoms with E-state index in [0.29, 0.717) is 35.1 Å². The number of likely N-dealkylation sites (tertiary alicyclic amines) is 1. The Morgan fingerprint density at radius 1 is 1.11 bits per heavy atom. The quantitative estimate of drug-likeness (QED) is 0.760. The van der Waals surface area contributed by atoms with Crippen LogP contribution in [0.25, 0.3) is 0 Å². The number of sulfonamides is 1. The first-order chi connectivity index (χ1) is 12.8. The van der Waals surface area contributed by atoms with Gasteiger partial charge < -0.3 is 9.64 Å². The SMILES string of the molecule is COc1ccc(S(=O)(=O)N(C)c2ccc(Cl)c(C(=O)N3CCCC3)c2)cc1. The van der Waals surface area contributed by atoms with E-state index in [9.17, 15) is 13.2 Å². The van der Waals surface area contributed by atoms with Gasteiger partial charge in [-0.3, -0.25) is 9.10 Å². The molecule has 144 valence electrons. The second-order valence-corrected chi connectivity index (χ2v) is 8.69. The zero-order chi connectivity index (χ0) is 19.6. The fourth-order valence-electron chi connectivity index (χ4n) is 3.01. The minimum absolute atomic E-state index is 0.133. The summed E-state index contributed by atoms with van der Waals surface area (Å²) in [7, 11) is -0.814. The van der Waals surface area contributed by atoms with Crippen molar-refractivity contribution in [2.75, 3.05) is 31.6 Å². The van der Waals surface area contributed by atoms with E-state index in [1.54, 1.807) is 29.2 Å². The van der Waals surface area contributed by atoms with Gasteiger partial charge in [-0.1, -0.05) is 11.6 Å². The van der Waals surface area contributed by atoms with Gasteiger partial charge in [-0.25, -0.2) is 8.42 Å². The lowest BCUT2D eigenvalue weighted by Gasteiger charge is -2.22. The predicted molar refractivity (Wildman–Crippen MR) is 105 cm³/mol. The van der Waals surface area contributed by atoms with Crippen molar-refractivity contribution < 1.29 is 17.9 Å². The van der Waals surface area contributed by atoms with Crippen LogP contribution in [0.5, 0.6) is 5.75 Å². The van der Waals surface area contributed by atoms with Crippen molar-refractivity contribution >= 4 is 33.2 Å². The first-order valence-electron chi connectivity index (χ1n) is 8.56. The fraction of sp³-hybridized carbons (Fsp3) is 0.316. The average molecular weight is 409 g/mol. The molecule has 8 heteroatoms. The van der Waals surface area contributed by atoms with Crippen LogP contribution in [0.2, 0.25) is 5.02 Å². The molecule has 0 bridgehead atoms. The molecule has 1 saturated heterocycles. The van der Waals surface area contributed by atoms with E-state index in [2.05, 4.69) is 0 Å². The van der Waals surface area contributed by atoms with Gasteiger partial charge in [0.1, 0.15) is 5.75 Å². The van der Waals surface area contributed by atoms with Gasteiger partial charge in [-0.2, -0.15) is 0 Å². The molecule has 27 heavy (non-hydrogen) atoms. The van der Waals surface area contributed by atoms with Crippen LogP contribution in [0.4, 0.5) is 5.69 Å². The minimum Gasteiger partial charge on any atom is -0.497 e. The Hall–Kier alpha value is -2.25. The molecule has 2 aromatic carbocycles. The van der Waals surface area contributed by atoms with Crippen LogP contribution in [0, 0.1) is 0 Å². The van der Waals surface area contributed by atoms with Crippen molar-refractivity contribution in [2.24, 2.45) is 0 Å². The molecule has 1 aliphatic heterocycles. The van der Waals surface area contributed by atoms with Crippen LogP contribution in [0.1, 0.15) is 23.2 Å². The summed E-state index contributed by atoms with van der Waals surface area (Å²) >= 11 is 6.21. The van der Waals surface area contributed by atoms with Gasteiger partial charge in [-0.15, -0.1) is 0 Å². The van der Waals surface area contributed by atoms with E-state index < -0.39 is 10.0 Å². The number of carbonyl (C=O) groups excluding carboxylic acids is 1. The maximum Gasteiger partial charge on any atom is 0.264 e. The number of benzene rings is 2. The van der Waals surface area contributed by atoms with Crippen molar-refractivity contribution in [1.82, 2.24) is 4.90 Å². The van der Waals surface area contributed by atoms with Gasteiger partial charge in [0.15, 0.2) is 0 Å². The number of hydrogen-bond acceptors (Lipinski definition) is 4. The maximum absolute atomic E-state index is 12.9. The minimum atomic E-state index is -3.78. The van der Waals surface area contributed by atoms with Crippen LogP contribution in [0.3, 0.4) is 0 Å². The summed E-state index contributed by atoms with van der Waals surface area (Å²) in [5.41, 5.74) is 0.686. The molecule has 6 nitrogen and oxygen atoms in total. The smallest absolute Gasteiger partial charge is 0.264 e. The standard InChI is InChI=1S/C19H21ClN2O4S/c1-21(27(24,25)16-8-6-15(26-2)7-9-16)14-5-10-18(20)17(13-14)19(23)22-11-3-4-12-22/h5-10,13H,3-4,11-12H2,1-2H3. The fourth-order valence-corrected chi connectivity index (χ4v) is 4.39. The van der Waals surface area contributed by atoms with Gasteiger partial charge in [0.25, 0.3) is 15.9 Å². The van der Waals surface area contributed by atoms with Crippen molar-refractivity contribution in [2.45, 2.75) is 17.7 Å². The number of amides is 1. The second-order valence-electron chi connectivity index (χ2n) is 6.31. The summed E-state index contributed by atoms with van der Waals surface area (Å²) in [6.45, 7) is 1.39. The van der Waals surface area contributed by atoms with E-state index in [-0.39, 0.29) is 10.8 Å². The highest BCUT2D eigenvalue weighted by atomic mass is 35.5. The molecular weight excluding hydrogens is 388 g/mol. The molecule has 0 spiro atoms. The summed E-state index contributed by atoms with van der Waals surface area (Å²) < 4.78 is 32.0. The third-order valence-corrected chi connectivity index (χ3v) is 6.78. The molecule has 0 unspecified atom stereocenters. The number of anilines is 1. The highest BCUT2D eigenvalue weighted by molar-refractivity contribution is 7.92. The Morgan fingerprint density at radius 3 is 2.33 bits per heavy atom. The van der Waals surface area contributed by atoms with Gasteiger partial charge >= 0.3 is 0 Å². The Balaban J connectivity index is 1.92. The van der Waals surface area contributed by atoms with Crippen LogP contribution < -0.4 is 9.04 Å². The number of carbonyl (C=O) groups is 1. The zero-order valence-electron chi connectivity index (χ0n) is 15.2. The topological polar surface area (TPSA) is 66.9 Å². The largest absolute Gasteiger partial charge is 0.497 e. The molecule has 3 rings (SSSR count). The summed E-state index contributed by atoms with van der Waals surface area (Å²) in [4.78, 5) is 14.6. The van der Waals surface area contributed by atoms with Crippen molar-refractivity contribution in [3.05, 3.63) is 53.1 Å². The molecule has 0 saturated carbocycles. The summed E-state index contributed by atoms with van der Waals surface area (Å²) in [6.07, 6.45) is 1.93. The Kier molecular flexibility index (Phi) is 5.62. The molecule has 1 heterocycles. The third-order valence-electron chi connectivity index (χ3n) is 4.66. The molecule has 0 N–H and O–H groups in total. The summed E-state index contributed by atoms with van der Waals surface area (Å²) in [5, 5.41) is 0.311. The summed E-state index contributed by atoms with van der Waals surface area (Å²) in [5.74, 6) is 0.399. The van der Waals surface area contributed by atoms with E-state index in [4.69, 9.17) is 16.3 Å². The zero-order valence-corrected chi connectivity index (χ0v) is 16.8. The van der Waals surface area contributed by atoms with Crippen molar-refractivity contribution in [3.8, 4) is 5.75 Å². The highest BCUT2D eigenvalue weighted by Gasteiger charge is 2.25. The normalized spacial score (nSPS) is 14.3. The van der Waals surface area contributed by atoms with E-state index in [1.165, 1.54) is 32.4 Å². The monoisotopic (exact) mass is 408 g/mol. The molecule has 1 amide bonds. The number of ether oxygens (including phenoxy) is 1. The summed E-state index contributed by atoms with van der Waals surface area (Å²) in [6, 6.07) is 10.8. The van der Waals surface area contributed by atoms with Crippen LogP contribution >= 0.6 is 11.6 Å². The number of hydrogen-bond donors (Lipinski definition) is 0. The van der Waals surface area contributed by atoms with Gasteiger partial charge in [0.2, 0.25) is 0 Å². The highest BCUT2D eigenvalue weighted by Crippen LogP contribution is 2.29. The van der Waals surface area contributed by atoms with Gasteiger partial charge in [0, 0.05) is 20.1 Å². The second kappa shape index (κ2) is 7.78. The number of methoxy groups -OCH3 is 1. The van der Waals surface area contributed by atoms with Gasteiger partial charge in [0.05, 0.1) is 28.3 Å². The average Bonchev–Trinajstić information content (AvgIpc) is 3.22. The van der Waals surface area contributed by atoms with Crippen LogP contribution in [-0.4, -0.2) is 46.5 Å². The Morgan fingerprint density at radius 2 is 1.74 bits per heavy atom. The first kappa shape index (κ1) is 19.5. The predicted octanol–water partition coefficient (Wildman–Crippen LogP) is 3.41. The van der Waals surface area contributed by atoms with Crippen molar-refractivity contribution in [3.63, 3.8) is 0 Å². The number of rotatable bonds is 5.